The first-order chi connectivity index (χ1) is 8.83. The number of benzene rings is 1. The van der Waals surface area contributed by atoms with E-state index in [4.69, 9.17) is 16.6 Å². The Morgan fingerprint density at radius 3 is 3.00 bits per heavy atom. The van der Waals surface area contributed by atoms with E-state index >= 15 is 0 Å². The number of imidazole rings is 1. The summed E-state index contributed by atoms with van der Waals surface area (Å²) in [5, 5.41) is 0.742. The highest BCUT2D eigenvalue weighted by atomic mass is 35.5. The maximum absolute atomic E-state index is 6.06. The number of thioether (sulfide) groups is 1. The number of pyridine rings is 1. The van der Waals surface area contributed by atoms with E-state index in [1.54, 1.807) is 0 Å². The predicted octanol–water partition coefficient (Wildman–Crippen LogP) is 4.26. The van der Waals surface area contributed by atoms with Gasteiger partial charge in [0.05, 0.1) is 16.4 Å². The van der Waals surface area contributed by atoms with Crippen molar-refractivity contribution in [3.63, 3.8) is 0 Å². The fourth-order valence-electron chi connectivity index (χ4n) is 2.36. The lowest BCUT2D eigenvalue weighted by Gasteiger charge is -2.14. The molecular weight excluding hydrogens is 264 g/mol. The summed E-state index contributed by atoms with van der Waals surface area (Å²) < 4.78 is 2.10. The molecule has 1 aliphatic rings. The Labute approximate surface area is 114 Å². The van der Waals surface area contributed by atoms with Crippen molar-refractivity contribution in [2.75, 3.05) is 0 Å². The van der Waals surface area contributed by atoms with Gasteiger partial charge in [-0.25, -0.2) is 4.98 Å². The summed E-state index contributed by atoms with van der Waals surface area (Å²) in [7, 11) is 0. The van der Waals surface area contributed by atoms with Crippen LogP contribution in [-0.4, -0.2) is 9.38 Å². The minimum atomic E-state index is 0.742. The summed E-state index contributed by atoms with van der Waals surface area (Å²) in [6.07, 6.45) is 1.94. The Bertz CT molecular complexity index is 764. The average molecular weight is 273 g/mol. The van der Waals surface area contributed by atoms with E-state index in [-0.39, 0.29) is 0 Å². The number of aromatic nitrogens is 2. The summed E-state index contributed by atoms with van der Waals surface area (Å²) in [6, 6.07) is 12.3. The van der Waals surface area contributed by atoms with Crippen LogP contribution in [0.15, 0.2) is 47.5 Å². The average Bonchev–Trinajstić information content (AvgIpc) is 2.77. The Balaban J connectivity index is 2.08. The third-order valence-corrected chi connectivity index (χ3v) is 4.50. The van der Waals surface area contributed by atoms with Gasteiger partial charge in [-0.1, -0.05) is 29.8 Å². The van der Waals surface area contributed by atoms with Gasteiger partial charge in [0.2, 0.25) is 0 Å². The predicted molar refractivity (Wildman–Crippen MR) is 75.2 cm³/mol. The summed E-state index contributed by atoms with van der Waals surface area (Å²) in [5.41, 5.74) is 4.51. The fraction of sp³-hybridized carbons (Fsp3) is 0.0714. The molecule has 0 spiro atoms. The van der Waals surface area contributed by atoms with E-state index in [1.165, 1.54) is 16.2 Å². The zero-order valence-corrected chi connectivity index (χ0v) is 11.0. The number of fused-ring (bicyclic) bond motifs is 5. The second-order valence-electron chi connectivity index (χ2n) is 4.27. The molecular formula is C14H9ClN2S. The van der Waals surface area contributed by atoms with Crippen LogP contribution in [0.5, 0.6) is 0 Å². The molecule has 1 aromatic carbocycles. The highest BCUT2D eigenvalue weighted by Crippen LogP contribution is 2.41. The number of nitrogens with zero attached hydrogens (tertiary/aromatic N) is 2. The van der Waals surface area contributed by atoms with E-state index in [2.05, 4.69) is 28.7 Å². The lowest BCUT2D eigenvalue weighted by Crippen LogP contribution is -1.97. The van der Waals surface area contributed by atoms with Gasteiger partial charge in [0.1, 0.15) is 5.65 Å². The number of halogens is 1. The largest absolute Gasteiger partial charge is 0.301 e. The van der Waals surface area contributed by atoms with Crippen molar-refractivity contribution in [3.8, 4) is 11.3 Å². The van der Waals surface area contributed by atoms with Crippen LogP contribution >= 0.6 is 23.4 Å². The van der Waals surface area contributed by atoms with Gasteiger partial charge in [0, 0.05) is 22.4 Å². The van der Waals surface area contributed by atoms with Gasteiger partial charge in [-0.15, -0.1) is 11.8 Å². The maximum Gasteiger partial charge on any atom is 0.137 e. The second kappa shape index (κ2) is 3.77. The Morgan fingerprint density at radius 2 is 2.06 bits per heavy atom. The van der Waals surface area contributed by atoms with E-state index in [9.17, 15) is 0 Å². The fourth-order valence-corrected chi connectivity index (χ4v) is 3.58. The SMILES string of the molecule is Clc1ccc2nc3c(n2c1)CSc1ccccc1-3. The standard InChI is InChI=1S/C14H9ClN2S/c15-9-5-6-13-16-14-10-3-1-2-4-12(10)18-8-11(14)17(13)7-9/h1-7H,8H2. The van der Waals surface area contributed by atoms with E-state index < -0.39 is 0 Å². The molecule has 2 nitrogen and oxygen atoms in total. The molecule has 88 valence electrons. The van der Waals surface area contributed by atoms with Crippen molar-refractivity contribution < 1.29 is 0 Å². The van der Waals surface area contributed by atoms with Gasteiger partial charge >= 0.3 is 0 Å². The van der Waals surface area contributed by atoms with Crippen molar-refractivity contribution >= 4 is 29.0 Å². The van der Waals surface area contributed by atoms with Crippen LogP contribution in [0.25, 0.3) is 16.9 Å². The zero-order valence-electron chi connectivity index (χ0n) is 9.43. The molecule has 0 unspecified atom stereocenters. The molecule has 4 rings (SSSR count). The van der Waals surface area contributed by atoms with Crippen LogP contribution in [0.3, 0.4) is 0 Å². The normalized spacial score (nSPS) is 13.4. The quantitative estimate of drug-likeness (QED) is 0.608. The van der Waals surface area contributed by atoms with Crippen LogP contribution in [0.2, 0.25) is 5.02 Å². The lowest BCUT2D eigenvalue weighted by molar-refractivity contribution is 1.09. The molecule has 0 aliphatic carbocycles. The van der Waals surface area contributed by atoms with Crippen molar-refractivity contribution in [1.82, 2.24) is 9.38 Å². The molecule has 0 bridgehead atoms. The van der Waals surface area contributed by atoms with Crippen LogP contribution in [-0.2, 0) is 5.75 Å². The number of hydrogen-bond acceptors (Lipinski definition) is 2. The summed E-state index contributed by atoms with van der Waals surface area (Å²) in [5.74, 6) is 0.938. The molecule has 0 fully saturated rings. The minimum absolute atomic E-state index is 0.742. The Morgan fingerprint density at radius 1 is 1.17 bits per heavy atom. The summed E-state index contributed by atoms with van der Waals surface area (Å²) >= 11 is 7.92. The molecule has 0 saturated heterocycles. The van der Waals surface area contributed by atoms with Crippen molar-refractivity contribution in [2.24, 2.45) is 0 Å². The Kier molecular flexibility index (Phi) is 2.19. The van der Waals surface area contributed by atoms with Crippen LogP contribution in [0.1, 0.15) is 5.69 Å². The number of rotatable bonds is 0. The molecule has 0 saturated carbocycles. The van der Waals surface area contributed by atoms with E-state index in [1.807, 2.05) is 30.1 Å². The van der Waals surface area contributed by atoms with Crippen LogP contribution < -0.4 is 0 Å². The first-order valence-electron chi connectivity index (χ1n) is 5.71. The molecule has 0 atom stereocenters. The monoisotopic (exact) mass is 272 g/mol. The second-order valence-corrected chi connectivity index (χ2v) is 5.72. The smallest absolute Gasteiger partial charge is 0.137 e. The molecule has 0 radical (unpaired) electrons. The molecule has 4 heteroatoms. The van der Waals surface area contributed by atoms with Gasteiger partial charge in [0.25, 0.3) is 0 Å². The third kappa shape index (κ3) is 1.41. The van der Waals surface area contributed by atoms with Gasteiger partial charge in [-0.3, -0.25) is 0 Å². The molecule has 0 N–H and O–H groups in total. The van der Waals surface area contributed by atoms with E-state index in [0.717, 1.165) is 22.1 Å². The lowest BCUT2D eigenvalue weighted by atomic mass is 10.1. The highest BCUT2D eigenvalue weighted by molar-refractivity contribution is 7.98. The first-order valence-corrected chi connectivity index (χ1v) is 7.08. The first kappa shape index (κ1) is 10.5. The van der Waals surface area contributed by atoms with Crippen LogP contribution in [0, 0.1) is 0 Å². The topological polar surface area (TPSA) is 17.3 Å². The minimum Gasteiger partial charge on any atom is -0.301 e. The van der Waals surface area contributed by atoms with Gasteiger partial charge in [-0.2, -0.15) is 0 Å². The van der Waals surface area contributed by atoms with Gasteiger partial charge in [-0.05, 0) is 18.2 Å². The highest BCUT2D eigenvalue weighted by Gasteiger charge is 2.21. The van der Waals surface area contributed by atoms with Gasteiger partial charge < -0.3 is 4.40 Å². The summed E-state index contributed by atoms with van der Waals surface area (Å²) in [6.45, 7) is 0. The molecule has 3 heterocycles. The molecule has 18 heavy (non-hydrogen) atoms. The van der Waals surface area contributed by atoms with Gasteiger partial charge in [0.15, 0.2) is 0 Å². The summed E-state index contributed by atoms with van der Waals surface area (Å²) in [4.78, 5) is 6.03. The molecule has 3 aromatic rings. The molecule has 1 aliphatic heterocycles. The molecule has 0 amide bonds. The van der Waals surface area contributed by atoms with Crippen molar-refractivity contribution in [3.05, 3.63) is 53.3 Å². The van der Waals surface area contributed by atoms with Crippen molar-refractivity contribution in [1.29, 1.82) is 0 Å². The van der Waals surface area contributed by atoms with Crippen molar-refractivity contribution in [2.45, 2.75) is 10.6 Å². The van der Waals surface area contributed by atoms with Crippen LogP contribution in [0.4, 0.5) is 0 Å². The zero-order chi connectivity index (χ0) is 12.1. The number of hydrogen-bond donors (Lipinski definition) is 0. The molecule has 2 aromatic heterocycles. The third-order valence-electron chi connectivity index (χ3n) is 3.19. The van der Waals surface area contributed by atoms with E-state index in [0.29, 0.717) is 0 Å². The maximum atomic E-state index is 6.06. The Hall–Kier alpha value is -1.45.